The van der Waals surface area contributed by atoms with Gasteiger partial charge in [0.25, 0.3) is 0 Å². The predicted octanol–water partition coefficient (Wildman–Crippen LogP) is 0.610. The van der Waals surface area contributed by atoms with Crippen LogP contribution in [0.15, 0.2) is 0 Å². The van der Waals surface area contributed by atoms with E-state index in [1.54, 1.807) is 0 Å². The summed E-state index contributed by atoms with van der Waals surface area (Å²) in [6, 6.07) is 0. The number of rotatable bonds is 0. The molecule has 0 radical (unpaired) electrons. The van der Waals surface area contributed by atoms with Crippen molar-refractivity contribution in [2.24, 2.45) is 0 Å². The molecular formula is H4F4Pu. The first-order chi connectivity index (χ1) is 0. The van der Waals surface area contributed by atoms with Crippen LogP contribution in [0.2, 0.25) is 0 Å². The molecule has 0 unspecified atom stereocenters. The Balaban J connectivity index is 0. The molecule has 0 nitrogen and oxygen atoms in total. The maximum atomic E-state index is 0. The van der Waals surface area contributed by atoms with Crippen molar-refractivity contribution in [3.63, 3.8) is 0 Å². The van der Waals surface area contributed by atoms with Crippen molar-refractivity contribution in [1.29, 1.82) is 0 Å². The minimum atomic E-state index is 0. The maximum Gasteiger partial charge on any atom is 0 e. The fourth-order valence-corrected chi connectivity index (χ4v) is 0. The first-order valence-corrected chi connectivity index (χ1v) is 0. The molecule has 5 heteroatoms. The fourth-order valence-electron chi connectivity index (χ4n) is 0. The molecule has 0 spiro atoms. The second-order valence-electron chi connectivity index (χ2n) is 0. The van der Waals surface area contributed by atoms with Crippen LogP contribution in [0.5, 0.6) is 0 Å². The Morgan fingerprint density at radius 2 is 0.400 bits per heavy atom. The minimum Gasteiger partial charge on any atom is -0.269 e. The van der Waals surface area contributed by atoms with Gasteiger partial charge in [-0.25, -0.2) is 0 Å². The zero-order valence-electron chi connectivity index (χ0n) is 2.04. The molecule has 38 valence electrons. The summed E-state index contributed by atoms with van der Waals surface area (Å²) in [7, 11) is 0. The molecule has 0 saturated carbocycles. The van der Waals surface area contributed by atoms with E-state index in [0.29, 0.717) is 0 Å². The van der Waals surface area contributed by atoms with Crippen LogP contribution in [0, 0.1) is 29.2 Å². The third-order valence-electron chi connectivity index (χ3n) is 0. The van der Waals surface area contributed by atoms with E-state index in [2.05, 4.69) is 0 Å². The summed E-state index contributed by atoms with van der Waals surface area (Å²) in [6.45, 7) is 0. The standard InChI is InChI=1S/4FH.Pu/h4*1H;. The second-order valence-corrected chi connectivity index (χ2v) is 0. The third kappa shape index (κ3) is 69.0. The monoisotopic (exact) mass is 318 g/mol. The van der Waals surface area contributed by atoms with Gasteiger partial charge in [0, 0.05) is 29.2 Å². The van der Waals surface area contributed by atoms with Crippen LogP contribution < -0.4 is 0 Å². The largest absolute Gasteiger partial charge is 0.269 e. The fraction of sp³-hybridized carbons (Fsp3) is 0. The topological polar surface area (TPSA) is 0 Å². The van der Waals surface area contributed by atoms with Crippen LogP contribution >= 0.6 is 0 Å². The summed E-state index contributed by atoms with van der Waals surface area (Å²) < 4.78 is 0. The number of hydrogen-bond donors (Lipinski definition) is 0. The molecule has 5 heavy (non-hydrogen) atoms. The summed E-state index contributed by atoms with van der Waals surface area (Å²) in [5, 5.41) is 0. The Morgan fingerprint density at radius 1 is 0.400 bits per heavy atom. The molecule has 0 aliphatic rings. The van der Waals surface area contributed by atoms with Crippen molar-refractivity contribution in [3.05, 3.63) is 0 Å². The van der Waals surface area contributed by atoms with E-state index in [0.717, 1.165) is 0 Å². The van der Waals surface area contributed by atoms with Crippen molar-refractivity contribution in [2.75, 3.05) is 0 Å². The molecule has 0 aromatic rings. The van der Waals surface area contributed by atoms with Crippen LogP contribution in [-0.2, 0) is 0 Å². The molecule has 0 amide bonds. The Labute approximate surface area is 48.3 Å². The molecule has 0 aliphatic heterocycles. The SMILES string of the molecule is F.F.F.F.[Pu]. The Bertz CT molecular complexity index is 3.61. The van der Waals surface area contributed by atoms with Gasteiger partial charge in [-0.15, -0.1) is 0 Å². The normalized spacial score (nSPS) is 0. The summed E-state index contributed by atoms with van der Waals surface area (Å²) in [6.07, 6.45) is 0. The smallest absolute Gasteiger partial charge is 0 e. The summed E-state index contributed by atoms with van der Waals surface area (Å²) in [4.78, 5) is 0. The van der Waals surface area contributed by atoms with E-state index in [1.807, 2.05) is 0 Å². The molecule has 0 saturated heterocycles. The van der Waals surface area contributed by atoms with Gasteiger partial charge in [0.1, 0.15) is 0 Å². The number of hydrogen-bond acceptors (Lipinski definition) is 0. The van der Waals surface area contributed by atoms with Gasteiger partial charge in [-0.1, -0.05) is 0 Å². The van der Waals surface area contributed by atoms with Crippen molar-refractivity contribution in [2.45, 2.75) is 0 Å². The summed E-state index contributed by atoms with van der Waals surface area (Å²) in [5.74, 6) is 0. The van der Waals surface area contributed by atoms with Crippen molar-refractivity contribution in [3.8, 4) is 0 Å². The molecule has 0 heterocycles. The van der Waals surface area contributed by atoms with Gasteiger partial charge < -0.3 is 0 Å². The van der Waals surface area contributed by atoms with E-state index in [9.17, 15) is 0 Å². The van der Waals surface area contributed by atoms with E-state index in [-0.39, 0.29) is 48.0 Å². The molecule has 0 N–H and O–H groups in total. The van der Waals surface area contributed by atoms with Gasteiger partial charge in [0.05, 0.1) is 0 Å². The average Bonchev–Trinajstić information content (AvgIpc) is 0. The Kier molecular flexibility index (Phi) is 6550. The van der Waals surface area contributed by atoms with Crippen molar-refractivity contribution in [1.82, 2.24) is 0 Å². The zero-order valence-corrected chi connectivity index (χ0v) is 5.44. The van der Waals surface area contributed by atoms with Gasteiger partial charge in [0.2, 0.25) is 0 Å². The van der Waals surface area contributed by atoms with Gasteiger partial charge in [0.15, 0.2) is 0 Å². The van der Waals surface area contributed by atoms with Gasteiger partial charge in [-0.05, 0) is 0 Å². The Morgan fingerprint density at radius 3 is 0.400 bits per heavy atom. The van der Waals surface area contributed by atoms with Crippen LogP contribution in [0.3, 0.4) is 0 Å². The minimum absolute atomic E-state index is 0. The second kappa shape index (κ2) is 129. The third-order valence-corrected chi connectivity index (χ3v) is 0. The van der Waals surface area contributed by atoms with Gasteiger partial charge in [-0.3, -0.25) is 18.8 Å². The Hall–Kier alpha value is 0.707. The molecule has 0 atom stereocenters. The molecular weight excluding hydrogens is 320 g/mol. The molecule has 0 rings (SSSR count). The first-order valence-electron chi connectivity index (χ1n) is 0. The number of halogens is 4. The first kappa shape index (κ1) is 253. The van der Waals surface area contributed by atoms with Crippen molar-refractivity contribution < 1.29 is 48.0 Å². The quantitative estimate of drug-likeness (QED) is 0.573. The van der Waals surface area contributed by atoms with E-state index < -0.39 is 0 Å². The molecule has 0 bridgehead atoms. The predicted molar refractivity (Wildman–Crippen MR) is 10.0 cm³/mol. The molecule has 0 aliphatic carbocycles. The van der Waals surface area contributed by atoms with Crippen molar-refractivity contribution >= 4 is 0 Å². The molecule has 0 fully saturated rings. The molecule has 0 aromatic heterocycles. The van der Waals surface area contributed by atoms with Crippen LogP contribution in [0.4, 0.5) is 18.8 Å². The van der Waals surface area contributed by atoms with Crippen LogP contribution in [0.25, 0.3) is 0 Å². The van der Waals surface area contributed by atoms with E-state index >= 15 is 0 Å². The molecule has 0 aromatic carbocycles. The van der Waals surface area contributed by atoms with E-state index in [4.69, 9.17) is 0 Å². The van der Waals surface area contributed by atoms with Crippen LogP contribution in [-0.4, -0.2) is 0 Å². The zero-order chi connectivity index (χ0) is 0. The van der Waals surface area contributed by atoms with Crippen LogP contribution in [0.1, 0.15) is 0 Å². The summed E-state index contributed by atoms with van der Waals surface area (Å²) >= 11 is 0. The van der Waals surface area contributed by atoms with Gasteiger partial charge in [-0.2, -0.15) is 0 Å². The van der Waals surface area contributed by atoms with Gasteiger partial charge >= 0.3 is 0 Å². The maximum absolute atomic E-state index is 0. The van der Waals surface area contributed by atoms with E-state index in [1.165, 1.54) is 0 Å². The average molecular weight is 324 g/mol. The summed E-state index contributed by atoms with van der Waals surface area (Å²) in [5.41, 5.74) is 0.